The van der Waals surface area contributed by atoms with Crippen LogP contribution in [0.3, 0.4) is 0 Å². The third-order valence-corrected chi connectivity index (χ3v) is 5.86. The number of carbonyl (C=O) groups excluding carboxylic acids is 2. The van der Waals surface area contributed by atoms with Crippen LogP contribution < -0.4 is 14.4 Å². The van der Waals surface area contributed by atoms with E-state index < -0.39 is 5.97 Å². The molecule has 35 heavy (non-hydrogen) atoms. The van der Waals surface area contributed by atoms with Crippen molar-refractivity contribution < 1.29 is 23.8 Å². The number of esters is 1. The Morgan fingerprint density at radius 2 is 1.69 bits per heavy atom. The van der Waals surface area contributed by atoms with Gasteiger partial charge in [0.25, 0.3) is 5.91 Å². The Hall–Kier alpha value is -4.03. The normalized spacial score (nSPS) is 14.5. The van der Waals surface area contributed by atoms with Crippen LogP contribution in [0.1, 0.15) is 18.1 Å². The van der Waals surface area contributed by atoms with Crippen molar-refractivity contribution >= 4 is 35.2 Å². The fraction of sp³-hybridized carbons (Fsp3) is 0.143. The number of amides is 1. The fourth-order valence-electron chi connectivity index (χ4n) is 3.88. The van der Waals surface area contributed by atoms with E-state index in [9.17, 15) is 9.59 Å². The molecule has 0 spiro atoms. The molecule has 0 unspecified atom stereocenters. The van der Waals surface area contributed by atoms with Crippen molar-refractivity contribution in [3.63, 3.8) is 0 Å². The van der Waals surface area contributed by atoms with Gasteiger partial charge < -0.3 is 14.2 Å². The summed E-state index contributed by atoms with van der Waals surface area (Å²) in [5.41, 5.74) is 3.21. The maximum absolute atomic E-state index is 13.4. The zero-order valence-electron chi connectivity index (χ0n) is 19.6. The summed E-state index contributed by atoms with van der Waals surface area (Å²) in [5, 5.41) is 0.549. The highest BCUT2D eigenvalue weighted by molar-refractivity contribution is 6.30. The number of benzene rings is 3. The molecule has 0 bridgehead atoms. The van der Waals surface area contributed by atoms with Gasteiger partial charge in [-0.15, -0.1) is 0 Å². The van der Waals surface area contributed by atoms with Crippen molar-refractivity contribution in [3.05, 3.63) is 106 Å². The predicted octanol–water partition coefficient (Wildman–Crippen LogP) is 5.80. The van der Waals surface area contributed by atoms with Crippen molar-refractivity contribution in [2.75, 3.05) is 19.1 Å². The molecule has 0 radical (unpaired) electrons. The summed E-state index contributed by atoms with van der Waals surface area (Å²) in [6.07, 6.45) is 1.65. The first-order valence-electron chi connectivity index (χ1n) is 10.9. The second-order valence-corrected chi connectivity index (χ2v) is 8.25. The number of methoxy groups -OCH3 is 2. The molecule has 7 heteroatoms. The van der Waals surface area contributed by atoms with Crippen LogP contribution in [0.5, 0.6) is 11.5 Å². The Labute approximate surface area is 209 Å². The monoisotopic (exact) mass is 489 g/mol. The van der Waals surface area contributed by atoms with Gasteiger partial charge in [-0.2, -0.15) is 0 Å². The van der Waals surface area contributed by atoms with Gasteiger partial charge in [0.2, 0.25) is 0 Å². The molecular formula is C28H24ClNO5. The van der Waals surface area contributed by atoms with E-state index in [4.69, 9.17) is 25.8 Å². The second kappa shape index (κ2) is 10.5. The molecule has 1 aliphatic heterocycles. The van der Waals surface area contributed by atoms with E-state index in [1.165, 1.54) is 12.0 Å². The summed E-state index contributed by atoms with van der Waals surface area (Å²) >= 11 is 6.00. The van der Waals surface area contributed by atoms with Crippen molar-refractivity contribution in [3.8, 4) is 11.5 Å². The lowest BCUT2D eigenvalue weighted by molar-refractivity contribution is -0.136. The van der Waals surface area contributed by atoms with Crippen molar-refractivity contribution in [1.82, 2.24) is 0 Å². The number of rotatable bonds is 7. The summed E-state index contributed by atoms with van der Waals surface area (Å²) in [7, 11) is 2.84. The number of allylic oxidation sites excluding steroid dienone is 1. The summed E-state index contributed by atoms with van der Waals surface area (Å²) in [4.78, 5) is 27.5. The maximum atomic E-state index is 13.4. The molecule has 0 N–H and O–H groups in total. The molecule has 0 fully saturated rings. The van der Waals surface area contributed by atoms with Gasteiger partial charge >= 0.3 is 5.97 Å². The number of anilines is 1. The SMILES string of the molecule is COC(=O)C1=C(C)N(c2ccc(Cl)cc2)C(=O)/C1=C\c1ccc(OCc2ccccc2)c(OC)c1. The first-order chi connectivity index (χ1) is 16.9. The topological polar surface area (TPSA) is 65.1 Å². The molecule has 3 aromatic rings. The molecule has 1 amide bonds. The Bertz CT molecular complexity index is 1310. The van der Waals surface area contributed by atoms with E-state index >= 15 is 0 Å². The zero-order valence-corrected chi connectivity index (χ0v) is 20.3. The molecular weight excluding hydrogens is 466 g/mol. The molecule has 0 atom stereocenters. The Balaban J connectivity index is 1.68. The van der Waals surface area contributed by atoms with Gasteiger partial charge in [0.1, 0.15) is 6.61 Å². The minimum absolute atomic E-state index is 0.204. The van der Waals surface area contributed by atoms with Gasteiger partial charge in [-0.25, -0.2) is 4.79 Å². The average molecular weight is 490 g/mol. The molecule has 0 saturated carbocycles. The third kappa shape index (κ3) is 5.08. The number of ether oxygens (including phenoxy) is 3. The van der Waals surface area contributed by atoms with E-state index in [0.29, 0.717) is 40.1 Å². The van der Waals surface area contributed by atoms with E-state index in [2.05, 4.69) is 0 Å². The van der Waals surface area contributed by atoms with Crippen molar-refractivity contribution in [2.24, 2.45) is 0 Å². The average Bonchev–Trinajstić information content (AvgIpc) is 3.12. The first kappa shape index (κ1) is 24.1. The molecule has 0 aliphatic carbocycles. The van der Waals surface area contributed by atoms with E-state index in [0.717, 1.165) is 5.56 Å². The van der Waals surface area contributed by atoms with Gasteiger partial charge in [-0.1, -0.05) is 48.0 Å². The number of carbonyl (C=O) groups is 2. The zero-order chi connectivity index (χ0) is 24.9. The third-order valence-electron chi connectivity index (χ3n) is 5.61. The second-order valence-electron chi connectivity index (χ2n) is 7.81. The molecule has 0 aromatic heterocycles. The van der Waals surface area contributed by atoms with Crippen molar-refractivity contribution in [1.29, 1.82) is 0 Å². The quantitative estimate of drug-likeness (QED) is 0.310. The Kier molecular flexibility index (Phi) is 7.22. The molecule has 0 saturated heterocycles. The van der Waals surface area contributed by atoms with Gasteiger partial charge in [0, 0.05) is 16.4 Å². The van der Waals surface area contributed by atoms with Crippen LogP contribution in [-0.2, 0) is 20.9 Å². The number of hydrogen-bond acceptors (Lipinski definition) is 5. The van der Waals surface area contributed by atoms with Crippen molar-refractivity contribution in [2.45, 2.75) is 13.5 Å². The molecule has 6 nitrogen and oxygen atoms in total. The van der Waals surface area contributed by atoms with Crippen LogP contribution in [-0.4, -0.2) is 26.1 Å². The van der Waals surface area contributed by atoms with Crippen LogP contribution in [0.2, 0.25) is 5.02 Å². The predicted molar refractivity (Wildman–Crippen MR) is 135 cm³/mol. The summed E-state index contributed by atoms with van der Waals surface area (Å²) in [5.74, 6) is 0.150. The minimum Gasteiger partial charge on any atom is -0.493 e. The van der Waals surface area contributed by atoms with E-state index in [1.807, 2.05) is 30.3 Å². The maximum Gasteiger partial charge on any atom is 0.340 e. The van der Waals surface area contributed by atoms with Gasteiger partial charge in [-0.05, 0) is 60.5 Å². The lowest BCUT2D eigenvalue weighted by atomic mass is 10.0. The van der Waals surface area contributed by atoms with Crippen LogP contribution in [0.4, 0.5) is 5.69 Å². The number of nitrogens with zero attached hydrogens (tertiary/aromatic N) is 1. The van der Waals surface area contributed by atoms with Gasteiger partial charge in [-0.3, -0.25) is 9.69 Å². The smallest absolute Gasteiger partial charge is 0.340 e. The highest BCUT2D eigenvalue weighted by atomic mass is 35.5. The van der Waals surface area contributed by atoms with Gasteiger partial charge in [0.15, 0.2) is 11.5 Å². The lowest BCUT2D eigenvalue weighted by Gasteiger charge is -2.18. The van der Waals surface area contributed by atoms with E-state index in [-0.39, 0.29) is 17.1 Å². The molecule has 4 rings (SSSR count). The van der Waals surface area contributed by atoms with Crippen LogP contribution in [0.15, 0.2) is 89.6 Å². The standard InChI is InChI=1S/C28H24ClNO5/c1-18-26(28(32)34-3)23(27(31)30(18)22-12-10-21(29)11-13-22)15-20-9-14-24(25(16-20)33-2)35-17-19-7-5-4-6-8-19/h4-16H,17H2,1-3H3/b23-15-. The molecule has 3 aromatic carbocycles. The highest BCUT2D eigenvalue weighted by Crippen LogP contribution is 2.37. The molecule has 1 heterocycles. The highest BCUT2D eigenvalue weighted by Gasteiger charge is 2.37. The Morgan fingerprint density at radius 3 is 2.34 bits per heavy atom. The Morgan fingerprint density at radius 1 is 0.971 bits per heavy atom. The largest absolute Gasteiger partial charge is 0.493 e. The first-order valence-corrected chi connectivity index (χ1v) is 11.3. The van der Waals surface area contributed by atoms with Crippen LogP contribution in [0.25, 0.3) is 6.08 Å². The number of halogens is 1. The van der Waals surface area contributed by atoms with Gasteiger partial charge in [0.05, 0.1) is 25.4 Å². The number of hydrogen-bond donors (Lipinski definition) is 0. The molecule has 178 valence electrons. The lowest BCUT2D eigenvalue weighted by Crippen LogP contribution is -2.24. The van der Waals surface area contributed by atoms with E-state index in [1.54, 1.807) is 62.6 Å². The summed E-state index contributed by atoms with van der Waals surface area (Å²) < 4.78 is 16.4. The minimum atomic E-state index is -0.589. The van der Waals surface area contributed by atoms with Crippen LogP contribution in [0, 0.1) is 0 Å². The fourth-order valence-corrected chi connectivity index (χ4v) is 4.00. The summed E-state index contributed by atoms with van der Waals surface area (Å²) in [6.45, 7) is 2.10. The molecule has 1 aliphatic rings. The summed E-state index contributed by atoms with van der Waals surface area (Å²) in [6, 6.07) is 22.0. The van der Waals surface area contributed by atoms with Crippen LogP contribution >= 0.6 is 11.6 Å².